The SMILES string of the molecule is O=C1COc2ccc(C=C3CCCN(PP)C3)cc2N1. The lowest BCUT2D eigenvalue weighted by atomic mass is 10.0. The summed E-state index contributed by atoms with van der Waals surface area (Å²) >= 11 is 0. The van der Waals surface area contributed by atoms with Crippen LogP contribution in [0.2, 0.25) is 0 Å². The lowest BCUT2D eigenvalue weighted by Crippen LogP contribution is -2.25. The van der Waals surface area contributed by atoms with Crippen molar-refractivity contribution in [3.8, 4) is 5.75 Å². The summed E-state index contributed by atoms with van der Waals surface area (Å²) in [7, 11) is 3.60. The predicted octanol–water partition coefficient (Wildman–Crippen LogP) is 2.88. The molecule has 3 rings (SSSR count). The summed E-state index contributed by atoms with van der Waals surface area (Å²) in [5, 5.41) is 2.85. The molecule has 6 heteroatoms. The van der Waals surface area contributed by atoms with Gasteiger partial charge in [-0.2, -0.15) is 0 Å². The lowest BCUT2D eigenvalue weighted by molar-refractivity contribution is -0.118. The first-order valence-corrected chi connectivity index (χ1v) is 9.47. The van der Waals surface area contributed by atoms with Crippen molar-refractivity contribution < 1.29 is 9.53 Å². The van der Waals surface area contributed by atoms with Gasteiger partial charge in [0.05, 0.1) is 5.69 Å². The van der Waals surface area contributed by atoms with Crippen LogP contribution in [0.1, 0.15) is 18.4 Å². The first-order valence-electron chi connectivity index (χ1n) is 6.72. The van der Waals surface area contributed by atoms with Gasteiger partial charge < -0.3 is 10.1 Å². The summed E-state index contributed by atoms with van der Waals surface area (Å²) < 4.78 is 7.82. The van der Waals surface area contributed by atoms with Crippen molar-refractivity contribution in [3.05, 3.63) is 29.3 Å². The minimum Gasteiger partial charge on any atom is -0.482 e. The minimum atomic E-state index is -0.0876. The van der Waals surface area contributed by atoms with Gasteiger partial charge in [0.15, 0.2) is 6.61 Å². The van der Waals surface area contributed by atoms with Crippen molar-refractivity contribution >= 4 is 35.0 Å². The highest BCUT2D eigenvalue weighted by molar-refractivity contribution is 8.01. The Hall–Kier alpha value is -0.950. The molecular weight excluding hydrogens is 290 g/mol. The van der Waals surface area contributed by atoms with Gasteiger partial charge in [-0.3, -0.25) is 9.46 Å². The van der Waals surface area contributed by atoms with Crippen LogP contribution in [-0.4, -0.2) is 30.3 Å². The summed E-state index contributed by atoms with van der Waals surface area (Å²) in [6.07, 6.45) is 4.61. The highest BCUT2D eigenvalue weighted by Crippen LogP contribution is 2.33. The second-order valence-corrected chi connectivity index (χ2v) is 6.71. The number of rotatable bonds is 2. The predicted molar refractivity (Wildman–Crippen MR) is 87.4 cm³/mol. The summed E-state index contributed by atoms with van der Waals surface area (Å²) in [6.45, 7) is 2.34. The number of carbonyl (C=O) groups excluding carboxylic acids is 1. The van der Waals surface area contributed by atoms with Crippen molar-refractivity contribution in [1.29, 1.82) is 0 Å². The van der Waals surface area contributed by atoms with Gasteiger partial charge in [-0.25, -0.2) is 0 Å². The van der Waals surface area contributed by atoms with E-state index >= 15 is 0 Å². The average Bonchev–Trinajstić information content (AvgIpc) is 2.47. The van der Waals surface area contributed by atoms with Crippen LogP contribution in [0.5, 0.6) is 5.75 Å². The molecule has 0 spiro atoms. The molecule has 2 unspecified atom stereocenters. The van der Waals surface area contributed by atoms with Crippen molar-refractivity contribution in [2.45, 2.75) is 12.8 Å². The van der Waals surface area contributed by atoms with Crippen molar-refractivity contribution in [3.63, 3.8) is 0 Å². The van der Waals surface area contributed by atoms with E-state index in [1.165, 1.54) is 18.5 Å². The monoisotopic (exact) mass is 308 g/mol. The van der Waals surface area contributed by atoms with Gasteiger partial charge in [-0.05, 0) is 39.0 Å². The zero-order chi connectivity index (χ0) is 13.9. The average molecular weight is 308 g/mol. The van der Waals surface area contributed by atoms with Crippen molar-refractivity contribution in [2.24, 2.45) is 0 Å². The molecule has 0 aliphatic carbocycles. The molecule has 1 amide bonds. The number of amides is 1. The van der Waals surface area contributed by atoms with Crippen LogP contribution in [0.15, 0.2) is 23.8 Å². The number of hydrogen-bond acceptors (Lipinski definition) is 3. The molecule has 0 bridgehead atoms. The molecule has 1 aromatic rings. The van der Waals surface area contributed by atoms with E-state index in [1.54, 1.807) is 0 Å². The Morgan fingerprint density at radius 1 is 1.45 bits per heavy atom. The van der Waals surface area contributed by atoms with Crippen LogP contribution < -0.4 is 10.1 Å². The third kappa shape index (κ3) is 3.20. The quantitative estimate of drug-likeness (QED) is 0.854. The number of nitrogens with zero attached hydrogens (tertiary/aromatic N) is 1. The summed E-state index contributed by atoms with van der Waals surface area (Å²) in [4.78, 5) is 11.3. The molecule has 2 atom stereocenters. The van der Waals surface area contributed by atoms with E-state index in [2.05, 4.69) is 25.0 Å². The maximum absolute atomic E-state index is 11.3. The number of nitrogens with one attached hydrogen (secondary N) is 1. The summed E-state index contributed by atoms with van der Waals surface area (Å²) in [5.74, 6) is 0.666. The third-order valence-electron chi connectivity index (χ3n) is 3.51. The van der Waals surface area contributed by atoms with E-state index in [1.807, 2.05) is 18.2 Å². The van der Waals surface area contributed by atoms with E-state index in [-0.39, 0.29) is 12.5 Å². The van der Waals surface area contributed by atoms with Crippen LogP contribution in [0.3, 0.4) is 0 Å². The second kappa shape index (κ2) is 6.22. The van der Waals surface area contributed by atoms with E-state index in [0.717, 1.165) is 38.4 Å². The number of hydrogen-bond donors (Lipinski definition) is 1. The Morgan fingerprint density at radius 3 is 3.20 bits per heavy atom. The molecule has 20 heavy (non-hydrogen) atoms. The highest BCUT2D eigenvalue weighted by atomic mass is 32.0. The molecule has 2 heterocycles. The molecule has 1 N–H and O–H groups in total. The number of piperidine rings is 1. The van der Waals surface area contributed by atoms with Crippen LogP contribution in [-0.2, 0) is 4.79 Å². The van der Waals surface area contributed by atoms with E-state index in [9.17, 15) is 4.79 Å². The van der Waals surface area contributed by atoms with Crippen LogP contribution >= 0.6 is 17.3 Å². The van der Waals surface area contributed by atoms with Gasteiger partial charge in [0.25, 0.3) is 5.91 Å². The van der Waals surface area contributed by atoms with E-state index < -0.39 is 0 Å². The van der Waals surface area contributed by atoms with Gasteiger partial charge in [-0.1, -0.05) is 26.6 Å². The fourth-order valence-electron chi connectivity index (χ4n) is 2.55. The van der Waals surface area contributed by atoms with Gasteiger partial charge >= 0.3 is 0 Å². The number of carbonyl (C=O) groups is 1. The number of fused-ring (bicyclic) bond motifs is 1. The van der Waals surface area contributed by atoms with Crippen LogP contribution in [0.25, 0.3) is 6.08 Å². The number of benzene rings is 1. The molecule has 2 aliphatic heterocycles. The first kappa shape index (κ1) is 14.0. The standard InChI is InChI=1S/C14H18N2O2P2/c17-14-9-18-13-4-3-10(7-12(13)15-14)6-11-2-1-5-16(8-11)20-19/h3-4,6-7,20H,1-2,5,8-9,19H2,(H,15,17). The summed E-state index contributed by atoms with van der Waals surface area (Å²) in [6, 6.07) is 5.96. The largest absolute Gasteiger partial charge is 0.482 e. The topological polar surface area (TPSA) is 41.6 Å². The molecule has 1 fully saturated rings. The van der Waals surface area contributed by atoms with Crippen LogP contribution in [0, 0.1) is 0 Å². The van der Waals surface area contributed by atoms with Gasteiger partial charge in [0.2, 0.25) is 0 Å². The third-order valence-corrected chi connectivity index (χ3v) is 5.35. The molecule has 106 valence electrons. The van der Waals surface area contributed by atoms with Gasteiger partial charge in [0, 0.05) is 13.1 Å². The molecular formula is C14H18N2O2P2. The zero-order valence-corrected chi connectivity index (χ0v) is 13.3. The zero-order valence-electron chi connectivity index (χ0n) is 11.2. The number of anilines is 1. The maximum Gasteiger partial charge on any atom is 0.262 e. The van der Waals surface area contributed by atoms with Crippen molar-refractivity contribution in [2.75, 3.05) is 25.0 Å². The molecule has 2 aliphatic rings. The Morgan fingerprint density at radius 2 is 2.35 bits per heavy atom. The lowest BCUT2D eigenvalue weighted by Gasteiger charge is -2.27. The van der Waals surface area contributed by atoms with E-state index in [4.69, 9.17) is 4.74 Å². The smallest absolute Gasteiger partial charge is 0.262 e. The summed E-state index contributed by atoms with van der Waals surface area (Å²) in [5.41, 5.74) is 3.35. The van der Waals surface area contributed by atoms with Gasteiger partial charge in [-0.15, -0.1) is 0 Å². The van der Waals surface area contributed by atoms with E-state index in [0.29, 0.717) is 0 Å². The number of ether oxygens (including phenoxy) is 1. The molecule has 1 saturated heterocycles. The van der Waals surface area contributed by atoms with Crippen molar-refractivity contribution in [1.82, 2.24) is 4.67 Å². The molecule has 4 nitrogen and oxygen atoms in total. The Balaban J connectivity index is 1.80. The first-order chi connectivity index (χ1) is 9.74. The highest BCUT2D eigenvalue weighted by Gasteiger charge is 2.16. The molecule has 1 aromatic carbocycles. The molecule has 0 saturated carbocycles. The van der Waals surface area contributed by atoms with Crippen LogP contribution in [0.4, 0.5) is 5.69 Å². The van der Waals surface area contributed by atoms with Gasteiger partial charge in [0.1, 0.15) is 5.75 Å². The Kier molecular flexibility index (Phi) is 4.35. The fraction of sp³-hybridized carbons (Fsp3) is 0.357. The second-order valence-electron chi connectivity index (χ2n) is 5.05. The molecule has 0 aromatic heterocycles. The minimum absolute atomic E-state index is 0.0876. The molecule has 0 radical (unpaired) electrons. The normalized spacial score (nSPS) is 21.9. The Labute approximate surface area is 122 Å². The Bertz CT molecular complexity index is 560. The maximum atomic E-state index is 11.3. The fourth-order valence-corrected chi connectivity index (χ4v) is 3.80.